The lowest BCUT2D eigenvalue weighted by Gasteiger charge is -2.28. The third kappa shape index (κ3) is 2.37. The van der Waals surface area contributed by atoms with Crippen molar-refractivity contribution in [2.75, 3.05) is 18.0 Å². The number of nitrogens with zero attached hydrogens (tertiary/aromatic N) is 6. The molecule has 0 amide bonds. The molecular weight excluding hydrogens is 228 g/mol. The standard InChI is InChI=1S/C12H14N6/c1-2-6-14-12(3-1)17-7-4-11(5-8-17)16-18-10-13-9-15-18/h1-3,6,9-10H,4-5,7-8H2. The molecule has 0 aromatic carbocycles. The lowest BCUT2D eigenvalue weighted by molar-refractivity contribution is 0.695. The predicted molar refractivity (Wildman–Crippen MR) is 68.5 cm³/mol. The predicted octanol–water partition coefficient (Wildman–Crippen LogP) is 1.18. The summed E-state index contributed by atoms with van der Waals surface area (Å²) in [7, 11) is 0. The summed E-state index contributed by atoms with van der Waals surface area (Å²) in [4.78, 5) is 12.0. The van der Waals surface area contributed by atoms with E-state index in [-0.39, 0.29) is 0 Å². The van der Waals surface area contributed by atoms with Crippen molar-refractivity contribution < 1.29 is 0 Å². The molecule has 0 bridgehead atoms. The van der Waals surface area contributed by atoms with Gasteiger partial charge in [0.2, 0.25) is 0 Å². The van der Waals surface area contributed by atoms with Crippen LogP contribution in [0.3, 0.4) is 0 Å². The number of hydrogen-bond acceptors (Lipinski definition) is 5. The van der Waals surface area contributed by atoms with Crippen molar-refractivity contribution in [2.45, 2.75) is 12.8 Å². The molecule has 3 heterocycles. The molecule has 0 radical (unpaired) electrons. The van der Waals surface area contributed by atoms with Gasteiger partial charge in [-0.1, -0.05) is 6.07 Å². The zero-order valence-corrected chi connectivity index (χ0v) is 9.98. The smallest absolute Gasteiger partial charge is 0.139 e. The van der Waals surface area contributed by atoms with Gasteiger partial charge in [-0.3, -0.25) is 0 Å². The second kappa shape index (κ2) is 4.95. The Balaban J connectivity index is 1.65. The van der Waals surface area contributed by atoms with Crippen LogP contribution in [0.2, 0.25) is 0 Å². The van der Waals surface area contributed by atoms with E-state index in [1.165, 1.54) is 11.1 Å². The van der Waals surface area contributed by atoms with Crippen LogP contribution >= 0.6 is 0 Å². The molecule has 0 unspecified atom stereocenters. The molecule has 1 aliphatic rings. The SMILES string of the molecule is c1ccc(N2CCC(=Nn3cncn3)CC2)nc1. The lowest BCUT2D eigenvalue weighted by Crippen LogP contribution is -2.34. The monoisotopic (exact) mass is 242 g/mol. The molecule has 2 aromatic heterocycles. The lowest BCUT2D eigenvalue weighted by atomic mass is 10.1. The minimum absolute atomic E-state index is 0.941. The zero-order valence-electron chi connectivity index (χ0n) is 9.98. The van der Waals surface area contributed by atoms with E-state index in [2.05, 4.69) is 25.1 Å². The minimum atomic E-state index is 0.941. The van der Waals surface area contributed by atoms with Crippen LogP contribution in [0.15, 0.2) is 42.2 Å². The van der Waals surface area contributed by atoms with Crippen LogP contribution in [0, 0.1) is 0 Å². The third-order valence-electron chi connectivity index (χ3n) is 2.96. The second-order valence-electron chi connectivity index (χ2n) is 4.16. The Morgan fingerprint density at radius 1 is 1.17 bits per heavy atom. The molecule has 0 saturated carbocycles. The molecule has 0 spiro atoms. The van der Waals surface area contributed by atoms with Gasteiger partial charge in [0, 0.05) is 37.8 Å². The van der Waals surface area contributed by atoms with Crippen molar-refractivity contribution in [3.63, 3.8) is 0 Å². The first-order valence-corrected chi connectivity index (χ1v) is 5.99. The fraction of sp³-hybridized carbons (Fsp3) is 0.333. The van der Waals surface area contributed by atoms with Gasteiger partial charge >= 0.3 is 0 Å². The summed E-state index contributed by atoms with van der Waals surface area (Å²) < 4.78 is 0. The summed E-state index contributed by atoms with van der Waals surface area (Å²) in [6.45, 7) is 1.90. The van der Waals surface area contributed by atoms with Gasteiger partial charge < -0.3 is 4.90 Å². The highest BCUT2D eigenvalue weighted by atomic mass is 15.5. The maximum atomic E-state index is 4.42. The van der Waals surface area contributed by atoms with E-state index in [0.717, 1.165) is 37.5 Å². The van der Waals surface area contributed by atoms with E-state index in [9.17, 15) is 0 Å². The molecule has 1 saturated heterocycles. The van der Waals surface area contributed by atoms with Crippen molar-refractivity contribution in [1.29, 1.82) is 0 Å². The first-order chi connectivity index (χ1) is 8.92. The van der Waals surface area contributed by atoms with Crippen LogP contribution < -0.4 is 4.90 Å². The maximum Gasteiger partial charge on any atom is 0.139 e. The van der Waals surface area contributed by atoms with E-state index in [1.807, 2.05) is 24.4 Å². The Kier molecular flexibility index (Phi) is 2.99. The quantitative estimate of drug-likeness (QED) is 0.793. The Labute approximate surface area is 105 Å². The normalized spacial score (nSPS) is 15.8. The van der Waals surface area contributed by atoms with Gasteiger partial charge in [0.1, 0.15) is 18.5 Å². The van der Waals surface area contributed by atoms with Crippen LogP contribution in [-0.4, -0.2) is 38.7 Å². The van der Waals surface area contributed by atoms with E-state index in [1.54, 1.807) is 6.33 Å². The zero-order chi connectivity index (χ0) is 12.2. The van der Waals surface area contributed by atoms with E-state index in [4.69, 9.17) is 0 Å². The van der Waals surface area contributed by atoms with Crippen LogP contribution in [0.5, 0.6) is 0 Å². The van der Waals surface area contributed by atoms with E-state index in [0.29, 0.717) is 0 Å². The van der Waals surface area contributed by atoms with Crippen LogP contribution in [0.4, 0.5) is 5.82 Å². The summed E-state index contributed by atoms with van der Waals surface area (Å²) in [6.07, 6.45) is 6.81. The first kappa shape index (κ1) is 10.9. The van der Waals surface area contributed by atoms with Crippen molar-refractivity contribution in [3.05, 3.63) is 37.1 Å². The number of rotatable bonds is 2. The highest BCUT2D eigenvalue weighted by molar-refractivity contribution is 5.86. The second-order valence-corrected chi connectivity index (χ2v) is 4.16. The maximum absolute atomic E-state index is 4.42. The summed E-state index contributed by atoms with van der Waals surface area (Å²) in [5.41, 5.74) is 1.16. The largest absolute Gasteiger partial charge is 0.356 e. The molecule has 6 nitrogen and oxygen atoms in total. The van der Waals surface area contributed by atoms with Crippen LogP contribution in [0.1, 0.15) is 12.8 Å². The van der Waals surface area contributed by atoms with Gasteiger partial charge in [-0.2, -0.15) is 5.10 Å². The Morgan fingerprint density at radius 3 is 2.72 bits per heavy atom. The molecule has 3 rings (SSSR count). The van der Waals surface area contributed by atoms with Gasteiger partial charge in [0.15, 0.2) is 0 Å². The summed E-state index contributed by atoms with van der Waals surface area (Å²) >= 11 is 0. The fourth-order valence-corrected chi connectivity index (χ4v) is 2.03. The Morgan fingerprint density at radius 2 is 2.06 bits per heavy atom. The summed E-state index contributed by atoms with van der Waals surface area (Å²) in [5, 5.41) is 8.40. The number of pyridine rings is 1. The molecular formula is C12H14N6. The molecule has 1 fully saturated rings. The molecule has 6 heteroatoms. The van der Waals surface area contributed by atoms with Crippen molar-refractivity contribution >= 4 is 11.5 Å². The van der Waals surface area contributed by atoms with Gasteiger partial charge in [0.25, 0.3) is 0 Å². The van der Waals surface area contributed by atoms with Crippen molar-refractivity contribution in [3.8, 4) is 0 Å². The highest BCUT2D eigenvalue weighted by Crippen LogP contribution is 2.15. The van der Waals surface area contributed by atoms with Crippen LogP contribution in [0.25, 0.3) is 0 Å². The van der Waals surface area contributed by atoms with Crippen molar-refractivity contribution in [2.24, 2.45) is 5.10 Å². The van der Waals surface area contributed by atoms with Crippen LogP contribution in [-0.2, 0) is 0 Å². The topological polar surface area (TPSA) is 59.2 Å². The average Bonchev–Trinajstić information content (AvgIpc) is 2.94. The Hall–Kier alpha value is -2.24. The third-order valence-corrected chi connectivity index (χ3v) is 2.96. The molecule has 0 atom stereocenters. The summed E-state index contributed by atoms with van der Waals surface area (Å²) in [6, 6.07) is 5.99. The Bertz CT molecular complexity index is 509. The minimum Gasteiger partial charge on any atom is -0.356 e. The van der Waals surface area contributed by atoms with Crippen molar-refractivity contribution in [1.82, 2.24) is 19.9 Å². The van der Waals surface area contributed by atoms with Gasteiger partial charge in [0.05, 0.1) is 0 Å². The van der Waals surface area contributed by atoms with Gasteiger partial charge in [-0.05, 0) is 12.1 Å². The molecule has 0 aliphatic carbocycles. The van der Waals surface area contributed by atoms with Gasteiger partial charge in [-0.15, -0.1) is 9.89 Å². The number of hydrogen-bond donors (Lipinski definition) is 0. The number of anilines is 1. The number of aromatic nitrogens is 4. The van der Waals surface area contributed by atoms with Gasteiger partial charge in [-0.25, -0.2) is 9.97 Å². The summed E-state index contributed by atoms with van der Waals surface area (Å²) in [5.74, 6) is 1.04. The fourth-order valence-electron chi connectivity index (χ4n) is 2.03. The molecule has 92 valence electrons. The molecule has 0 N–H and O–H groups in total. The first-order valence-electron chi connectivity index (χ1n) is 5.99. The highest BCUT2D eigenvalue weighted by Gasteiger charge is 2.16. The van der Waals surface area contributed by atoms with E-state index >= 15 is 0 Å². The average molecular weight is 242 g/mol. The molecule has 2 aromatic rings. The molecule has 1 aliphatic heterocycles. The molecule has 18 heavy (non-hydrogen) atoms. The van der Waals surface area contributed by atoms with E-state index < -0.39 is 0 Å². The number of piperidine rings is 1.